The summed E-state index contributed by atoms with van der Waals surface area (Å²) in [7, 11) is 0. The Kier molecular flexibility index (Phi) is 9.19. The normalized spacial score (nSPS) is 23.6. The van der Waals surface area contributed by atoms with Crippen molar-refractivity contribution in [1.82, 2.24) is 16.0 Å². The first-order chi connectivity index (χ1) is 15.5. The molecule has 2 aliphatic heterocycles. The lowest BCUT2D eigenvalue weighted by Crippen LogP contribution is -2.60. The zero-order valence-electron chi connectivity index (χ0n) is 22.6. The molecule has 8 nitrogen and oxygen atoms in total. The second-order valence-corrected chi connectivity index (χ2v) is 12.8. The maximum absolute atomic E-state index is 12.3. The Morgan fingerprint density at radius 2 is 1.15 bits per heavy atom. The minimum Gasteiger partial charge on any atom is -0.462 e. The number of esters is 2. The first-order valence-electron chi connectivity index (χ1n) is 12.7. The van der Waals surface area contributed by atoms with Crippen LogP contribution in [0.15, 0.2) is 0 Å². The van der Waals surface area contributed by atoms with Gasteiger partial charge in [0.25, 0.3) is 0 Å². The van der Waals surface area contributed by atoms with Crippen LogP contribution in [0.5, 0.6) is 0 Å². The van der Waals surface area contributed by atoms with Gasteiger partial charge in [0.1, 0.15) is 12.2 Å². The Bertz CT molecular complexity index is 713. The van der Waals surface area contributed by atoms with Gasteiger partial charge in [-0.15, -0.1) is 0 Å². The molecule has 0 atom stereocenters. The lowest BCUT2D eigenvalue weighted by Gasteiger charge is -2.45. The molecule has 0 saturated carbocycles. The Morgan fingerprint density at radius 3 is 1.62 bits per heavy atom. The molecule has 2 aliphatic rings. The summed E-state index contributed by atoms with van der Waals surface area (Å²) in [6, 6.07) is 0. The smallest absolute Gasteiger partial charge is 0.397 e. The first-order valence-corrected chi connectivity index (χ1v) is 12.7. The van der Waals surface area contributed by atoms with E-state index in [1.807, 2.05) is 0 Å². The highest BCUT2D eigenvalue weighted by Gasteiger charge is 2.40. The maximum atomic E-state index is 12.3. The van der Waals surface area contributed by atoms with E-state index >= 15 is 0 Å². The molecule has 0 bridgehead atoms. The summed E-state index contributed by atoms with van der Waals surface area (Å²) in [5.41, 5.74) is -0.451. The highest BCUT2D eigenvalue weighted by molar-refractivity contribution is 6.32. The lowest BCUT2D eigenvalue weighted by molar-refractivity contribution is -0.162. The van der Waals surface area contributed by atoms with Crippen molar-refractivity contribution in [3.8, 4) is 0 Å². The molecule has 0 aliphatic carbocycles. The number of carbonyl (C=O) groups is 3. The third-order valence-electron chi connectivity index (χ3n) is 6.41. The van der Waals surface area contributed by atoms with Crippen molar-refractivity contribution >= 4 is 17.8 Å². The second kappa shape index (κ2) is 10.9. The number of piperidine rings is 2. The van der Waals surface area contributed by atoms with Crippen LogP contribution in [-0.4, -0.2) is 58.8 Å². The predicted octanol–water partition coefficient (Wildman–Crippen LogP) is 3.37. The van der Waals surface area contributed by atoms with Gasteiger partial charge in [-0.25, -0.2) is 4.79 Å². The van der Waals surface area contributed by atoms with E-state index in [0.29, 0.717) is 38.6 Å². The molecule has 0 aromatic rings. The van der Waals surface area contributed by atoms with E-state index in [4.69, 9.17) is 9.47 Å². The van der Waals surface area contributed by atoms with Crippen LogP contribution in [0, 0.1) is 0 Å². The van der Waals surface area contributed by atoms with Gasteiger partial charge in [-0.1, -0.05) is 6.42 Å². The van der Waals surface area contributed by atoms with Gasteiger partial charge in [0, 0.05) is 60.8 Å². The van der Waals surface area contributed by atoms with Crippen LogP contribution in [0.4, 0.5) is 0 Å². The van der Waals surface area contributed by atoms with Gasteiger partial charge in [-0.2, -0.15) is 0 Å². The van der Waals surface area contributed by atoms with Gasteiger partial charge in [0.05, 0.1) is 0 Å². The van der Waals surface area contributed by atoms with Gasteiger partial charge in [0.15, 0.2) is 0 Å². The molecule has 2 rings (SSSR count). The average Bonchev–Trinajstić information content (AvgIpc) is 2.58. The number of nitrogens with one attached hydrogen (secondary N) is 3. The summed E-state index contributed by atoms with van der Waals surface area (Å²) in [5.74, 6) is -1.70. The van der Waals surface area contributed by atoms with Crippen LogP contribution in [0.3, 0.4) is 0 Å². The summed E-state index contributed by atoms with van der Waals surface area (Å²) >= 11 is 0. The van der Waals surface area contributed by atoms with E-state index in [-0.39, 0.29) is 40.3 Å². The molecule has 0 radical (unpaired) electrons. The number of hydrogen-bond donors (Lipinski definition) is 3. The maximum Gasteiger partial charge on any atom is 0.397 e. The van der Waals surface area contributed by atoms with Crippen molar-refractivity contribution in [3.05, 3.63) is 0 Å². The zero-order valence-corrected chi connectivity index (χ0v) is 22.6. The van der Waals surface area contributed by atoms with Crippen LogP contribution in [0.2, 0.25) is 0 Å². The fourth-order valence-electron chi connectivity index (χ4n) is 5.92. The minimum atomic E-state index is -0.824. The van der Waals surface area contributed by atoms with Gasteiger partial charge in [-0.05, 0) is 68.2 Å². The Morgan fingerprint density at radius 1 is 0.706 bits per heavy atom. The van der Waals surface area contributed by atoms with E-state index in [0.717, 1.165) is 19.3 Å². The van der Waals surface area contributed by atoms with Crippen molar-refractivity contribution < 1.29 is 23.9 Å². The largest absolute Gasteiger partial charge is 0.462 e. The van der Waals surface area contributed by atoms with Crippen LogP contribution >= 0.6 is 0 Å². The van der Waals surface area contributed by atoms with Crippen molar-refractivity contribution in [3.63, 3.8) is 0 Å². The number of amides is 1. The van der Waals surface area contributed by atoms with E-state index in [2.05, 4.69) is 71.3 Å². The van der Waals surface area contributed by atoms with Crippen LogP contribution in [0.25, 0.3) is 0 Å². The number of rotatable bonds is 8. The third-order valence-corrected chi connectivity index (χ3v) is 6.41. The van der Waals surface area contributed by atoms with Gasteiger partial charge in [0.2, 0.25) is 0 Å². The molecule has 34 heavy (non-hydrogen) atoms. The molecule has 1 amide bonds. The molecule has 0 unspecified atom stereocenters. The number of hydrogen-bond acceptors (Lipinski definition) is 7. The lowest BCUT2D eigenvalue weighted by atomic mass is 9.81. The van der Waals surface area contributed by atoms with Crippen molar-refractivity contribution in [2.75, 3.05) is 6.54 Å². The summed E-state index contributed by atoms with van der Waals surface area (Å²) in [6.07, 6.45) is 5.09. The summed E-state index contributed by atoms with van der Waals surface area (Å²) in [4.78, 5) is 36.6. The molecule has 3 N–H and O–H groups in total. The van der Waals surface area contributed by atoms with Crippen LogP contribution in [-0.2, 0) is 23.9 Å². The van der Waals surface area contributed by atoms with E-state index in [1.54, 1.807) is 0 Å². The number of ether oxygens (including phenoxy) is 2. The molecule has 0 aromatic heterocycles. The quantitative estimate of drug-likeness (QED) is 0.277. The molecule has 2 fully saturated rings. The molecular weight excluding hydrogens is 434 g/mol. The van der Waals surface area contributed by atoms with Gasteiger partial charge < -0.3 is 25.4 Å². The zero-order chi connectivity index (χ0) is 25.8. The molecule has 8 heteroatoms. The Balaban J connectivity index is 1.60. The molecule has 2 heterocycles. The number of carbonyl (C=O) groups excluding carboxylic acids is 3. The Labute approximate surface area is 205 Å². The first kappa shape index (κ1) is 28.6. The van der Waals surface area contributed by atoms with Crippen LogP contribution < -0.4 is 16.0 Å². The average molecular weight is 482 g/mol. The monoisotopic (exact) mass is 481 g/mol. The van der Waals surface area contributed by atoms with Crippen molar-refractivity contribution in [2.45, 2.75) is 141 Å². The SMILES string of the molecule is CC1(C)CC(OC(=O)CCCCCNC(=O)C(=O)OC2CC(C)(C)NC(C)(C)C2)CC(C)(C)N1. The second-order valence-electron chi connectivity index (χ2n) is 12.8. The standard InChI is InChI=1S/C26H47N3O5/c1-23(2)14-18(15-24(3,4)28-23)33-20(30)12-10-9-11-13-27-21(31)22(32)34-19-16-25(5,6)29-26(7,8)17-19/h18-19,28-29H,9-17H2,1-8H3,(H,27,31). The summed E-state index contributed by atoms with van der Waals surface area (Å²) < 4.78 is 11.2. The Hall–Kier alpha value is -1.67. The molecular formula is C26H47N3O5. The summed E-state index contributed by atoms with van der Waals surface area (Å²) in [6.45, 7) is 17.2. The molecule has 196 valence electrons. The number of unbranched alkanes of at least 4 members (excludes halogenated alkanes) is 2. The highest BCUT2D eigenvalue weighted by Crippen LogP contribution is 2.31. The van der Waals surface area contributed by atoms with Gasteiger partial charge >= 0.3 is 17.8 Å². The van der Waals surface area contributed by atoms with Crippen molar-refractivity contribution in [1.29, 1.82) is 0 Å². The fraction of sp³-hybridized carbons (Fsp3) is 0.885. The molecule has 2 saturated heterocycles. The predicted molar refractivity (Wildman–Crippen MR) is 132 cm³/mol. The van der Waals surface area contributed by atoms with Crippen LogP contribution in [0.1, 0.15) is 107 Å². The molecule has 0 aromatic carbocycles. The molecule has 0 spiro atoms. The van der Waals surface area contributed by atoms with Crippen molar-refractivity contribution in [2.24, 2.45) is 0 Å². The van der Waals surface area contributed by atoms with E-state index in [9.17, 15) is 14.4 Å². The van der Waals surface area contributed by atoms with Gasteiger partial charge in [-0.3, -0.25) is 9.59 Å². The summed E-state index contributed by atoms with van der Waals surface area (Å²) in [5, 5.41) is 9.75. The highest BCUT2D eigenvalue weighted by atomic mass is 16.6. The van der Waals surface area contributed by atoms with E-state index < -0.39 is 11.9 Å². The third kappa shape index (κ3) is 9.90. The van der Waals surface area contributed by atoms with E-state index in [1.165, 1.54) is 0 Å². The fourth-order valence-corrected chi connectivity index (χ4v) is 5.92. The minimum absolute atomic E-state index is 0.0632. The topological polar surface area (TPSA) is 106 Å².